The van der Waals surface area contributed by atoms with E-state index in [2.05, 4.69) is 41.7 Å². The summed E-state index contributed by atoms with van der Waals surface area (Å²) in [6.07, 6.45) is 7.43. The molecule has 0 saturated heterocycles. The number of nitrogens with one attached hydrogen (secondary N) is 1. The van der Waals surface area contributed by atoms with Crippen molar-refractivity contribution in [2.75, 3.05) is 23.9 Å². The molecule has 104 valence electrons. The van der Waals surface area contributed by atoms with Gasteiger partial charge in [-0.05, 0) is 43.4 Å². The Balaban J connectivity index is 1.74. The van der Waals surface area contributed by atoms with E-state index in [1.807, 2.05) is 11.8 Å². The number of fused-ring (bicyclic) bond motifs is 1. The molecule has 0 radical (unpaired) electrons. The molecular weight excluding hydrogens is 272 g/mol. The Morgan fingerprint density at radius 3 is 2.84 bits per heavy atom. The SMILES string of the molecule is CSCCCCCCNc1nc2c(C)cccc2s1. The Labute approximate surface area is 124 Å². The Morgan fingerprint density at radius 2 is 2.05 bits per heavy atom. The smallest absolute Gasteiger partial charge is 0.183 e. The number of nitrogens with zero attached hydrogens (tertiary/aromatic N) is 1. The maximum absolute atomic E-state index is 4.66. The topological polar surface area (TPSA) is 24.9 Å². The molecule has 0 amide bonds. The van der Waals surface area contributed by atoms with Crippen LogP contribution < -0.4 is 5.32 Å². The largest absolute Gasteiger partial charge is 0.361 e. The average molecular weight is 294 g/mol. The molecule has 2 nitrogen and oxygen atoms in total. The van der Waals surface area contributed by atoms with E-state index in [1.54, 1.807) is 11.3 Å². The van der Waals surface area contributed by atoms with Crippen molar-refractivity contribution < 1.29 is 0 Å². The van der Waals surface area contributed by atoms with Crippen LogP contribution >= 0.6 is 23.1 Å². The van der Waals surface area contributed by atoms with Crippen LogP contribution in [0.15, 0.2) is 18.2 Å². The standard InChI is InChI=1S/C15H22N2S2/c1-12-8-7-9-13-14(12)17-15(19-13)16-10-5-3-4-6-11-18-2/h7-9H,3-6,10-11H2,1-2H3,(H,16,17). The first kappa shape index (κ1) is 14.7. The number of aromatic nitrogens is 1. The number of thioether (sulfide) groups is 1. The summed E-state index contributed by atoms with van der Waals surface area (Å²) in [5, 5.41) is 4.52. The maximum atomic E-state index is 4.66. The minimum Gasteiger partial charge on any atom is -0.361 e. The van der Waals surface area contributed by atoms with Gasteiger partial charge in [0.15, 0.2) is 5.13 Å². The molecule has 0 spiro atoms. The Hall–Kier alpha value is -0.740. The highest BCUT2D eigenvalue weighted by molar-refractivity contribution is 7.98. The van der Waals surface area contributed by atoms with E-state index >= 15 is 0 Å². The van der Waals surface area contributed by atoms with Crippen molar-refractivity contribution in [3.63, 3.8) is 0 Å². The van der Waals surface area contributed by atoms with Gasteiger partial charge in [0.2, 0.25) is 0 Å². The third-order valence-electron chi connectivity index (χ3n) is 3.17. The molecule has 0 unspecified atom stereocenters. The molecule has 0 aliphatic heterocycles. The van der Waals surface area contributed by atoms with E-state index in [0.29, 0.717) is 0 Å². The van der Waals surface area contributed by atoms with E-state index < -0.39 is 0 Å². The van der Waals surface area contributed by atoms with Crippen molar-refractivity contribution in [3.8, 4) is 0 Å². The van der Waals surface area contributed by atoms with Gasteiger partial charge in [-0.1, -0.05) is 36.3 Å². The summed E-state index contributed by atoms with van der Waals surface area (Å²) in [6.45, 7) is 3.16. The summed E-state index contributed by atoms with van der Waals surface area (Å²) in [7, 11) is 0. The number of unbranched alkanes of at least 4 members (excludes halogenated alkanes) is 3. The Bertz CT molecular complexity index is 508. The summed E-state index contributed by atoms with van der Waals surface area (Å²) in [5.41, 5.74) is 2.41. The van der Waals surface area contributed by atoms with Gasteiger partial charge in [0.1, 0.15) is 0 Å². The lowest BCUT2D eigenvalue weighted by molar-refractivity contribution is 0.689. The second-order valence-corrected chi connectivity index (χ2v) is 6.79. The van der Waals surface area contributed by atoms with Crippen LogP contribution in [-0.2, 0) is 0 Å². The van der Waals surface area contributed by atoms with E-state index in [1.165, 1.54) is 41.7 Å². The highest BCUT2D eigenvalue weighted by Crippen LogP contribution is 2.27. The Kier molecular flexibility index (Phi) is 5.98. The number of hydrogen-bond donors (Lipinski definition) is 1. The molecule has 0 atom stereocenters. The number of rotatable bonds is 8. The third-order valence-corrected chi connectivity index (χ3v) is 4.85. The van der Waals surface area contributed by atoms with Crippen LogP contribution in [0.2, 0.25) is 0 Å². The molecule has 0 saturated carbocycles. The number of anilines is 1. The fourth-order valence-corrected chi connectivity index (χ4v) is 3.54. The quantitative estimate of drug-likeness (QED) is 0.698. The first-order valence-corrected chi connectivity index (χ1v) is 9.11. The molecule has 1 heterocycles. The zero-order valence-electron chi connectivity index (χ0n) is 11.7. The van der Waals surface area contributed by atoms with E-state index in [0.717, 1.165) is 17.2 Å². The second-order valence-electron chi connectivity index (χ2n) is 4.77. The summed E-state index contributed by atoms with van der Waals surface area (Å²) in [6, 6.07) is 6.37. The predicted molar refractivity (Wildman–Crippen MR) is 89.7 cm³/mol. The molecule has 0 bridgehead atoms. The summed E-state index contributed by atoms with van der Waals surface area (Å²) in [4.78, 5) is 4.66. The molecule has 2 rings (SSSR count). The number of thiazole rings is 1. The lowest BCUT2D eigenvalue weighted by Crippen LogP contribution is -2.00. The Morgan fingerprint density at radius 1 is 1.21 bits per heavy atom. The van der Waals surface area contributed by atoms with Crippen molar-refractivity contribution >= 4 is 38.4 Å². The molecule has 1 aromatic carbocycles. The van der Waals surface area contributed by atoms with Gasteiger partial charge in [-0.3, -0.25) is 0 Å². The van der Waals surface area contributed by atoms with Crippen LogP contribution in [0, 0.1) is 6.92 Å². The number of hydrogen-bond acceptors (Lipinski definition) is 4. The van der Waals surface area contributed by atoms with E-state index in [9.17, 15) is 0 Å². The van der Waals surface area contributed by atoms with Crippen molar-refractivity contribution in [2.24, 2.45) is 0 Å². The fraction of sp³-hybridized carbons (Fsp3) is 0.533. The lowest BCUT2D eigenvalue weighted by atomic mass is 10.2. The number of para-hydroxylation sites is 1. The molecule has 1 N–H and O–H groups in total. The lowest BCUT2D eigenvalue weighted by Gasteiger charge is -2.02. The van der Waals surface area contributed by atoms with E-state index in [-0.39, 0.29) is 0 Å². The van der Waals surface area contributed by atoms with Gasteiger partial charge < -0.3 is 5.32 Å². The zero-order valence-corrected chi connectivity index (χ0v) is 13.4. The third kappa shape index (κ3) is 4.39. The van der Waals surface area contributed by atoms with Crippen LogP contribution in [0.4, 0.5) is 5.13 Å². The van der Waals surface area contributed by atoms with Gasteiger partial charge in [0.25, 0.3) is 0 Å². The number of aryl methyl sites for hydroxylation is 1. The van der Waals surface area contributed by atoms with Crippen LogP contribution in [0.1, 0.15) is 31.2 Å². The molecule has 0 aliphatic carbocycles. The van der Waals surface area contributed by atoms with Gasteiger partial charge in [0, 0.05) is 6.54 Å². The molecule has 2 aromatic rings. The monoisotopic (exact) mass is 294 g/mol. The highest BCUT2D eigenvalue weighted by Gasteiger charge is 2.04. The predicted octanol–water partition coefficient (Wildman–Crippen LogP) is 4.94. The molecule has 0 aliphatic rings. The van der Waals surface area contributed by atoms with Gasteiger partial charge in [-0.2, -0.15) is 11.8 Å². The number of benzene rings is 1. The van der Waals surface area contributed by atoms with Crippen LogP contribution in [0.25, 0.3) is 10.2 Å². The van der Waals surface area contributed by atoms with E-state index in [4.69, 9.17) is 0 Å². The van der Waals surface area contributed by atoms with Crippen LogP contribution in [0.5, 0.6) is 0 Å². The van der Waals surface area contributed by atoms with Gasteiger partial charge in [0.05, 0.1) is 10.2 Å². The molecular formula is C15H22N2S2. The first-order chi connectivity index (χ1) is 9.31. The minimum atomic E-state index is 1.04. The van der Waals surface area contributed by atoms with Crippen molar-refractivity contribution in [1.82, 2.24) is 4.98 Å². The second kappa shape index (κ2) is 7.75. The van der Waals surface area contributed by atoms with Crippen molar-refractivity contribution in [3.05, 3.63) is 23.8 Å². The normalized spacial score (nSPS) is 11.1. The van der Waals surface area contributed by atoms with Gasteiger partial charge in [-0.15, -0.1) is 0 Å². The summed E-state index contributed by atoms with van der Waals surface area (Å²) < 4.78 is 1.28. The molecule has 0 fully saturated rings. The molecule has 1 aromatic heterocycles. The molecule has 19 heavy (non-hydrogen) atoms. The first-order valence-electron chi connectivity index (χ1n) is 6.90. The van der Waals surface area contributed by atoms with Gasteiger partial charge >= 0.3 is 0 Å². The minimum absolute atomic E-state index is 1.04. The van der Waals surface area contributed by atoms with Crippen LogP contribution in [-0.4, -0.2) is 23.5 Å². The highest BCUT2D eigenvalue weighted by atomic mass is 32.2. The van der Waals surface area contributed by atoms with Gasteiger partial charge in [-0.25, -0.2) is 4.98 Å². The average Bonchev–Trinajstić information content (AvgIpc) is 2.82. The summed E-state index contributed by atoms with van der Waals surface area (Å²) >= 11 is 3.70. The zero-order chi connectivity index (χ0) is 13.5. The van der Waals surface area contributed by atoms with Crippen LogP contribution in [0.3, 0.4) is 0 Å². The fourth-order valence-electron chi connectivity index (χ4n) is 2.08. The maximum Gasteiger partial charge on any atom is 0.183 e. The van der Waals surface area contributed by atoms with Crippen molar-refractivity contribution in [2.45, 2.75) is 32.6 Å². The summed E-state index contributed by atoms with van der Waals surface area (Å²) in [5.74, 6) is 1.30. The van der Waals surface area contributed by atoms with Crippen molar-refractivity contribution in [1.29, 1.82) is 0 Å². The molecule has 4 heteroatoms.